The van der Waals surface area contributed by atoms with Crippen molar-refractivity contribution < 1.29 is 14.4 Å². The van der Waals surface area contributed by atoms with E-state index >= 15 is 0 Å². The van der Waals surface area contributed by atoms with Gasteiger partial charge >= 0.3 is 7.60 Å². The van der Waals surface area contributed by atoms with Crippen molar-refractivity contribution in [2.45, 2.75) is 85.5 Å². The lowest BCUT2D eigenvalue weighted by Crippen LogP contribution is -2.34. The Hall–Kier alpha value is 0.150. The minimum Gasteiger partial charge on any atom is -0.324 e. The zero-order chi connectivity index (χ0) is 15.6. The Kier molecular flexibility index (Phi) is 10.0. The van der Waals surface area contributed by atoms with E-state index < -0.39 is 7.60 Å². The maximum atomic E-state index is 11.6. The monoisotopic (exact) mass is 306 g/mol. The fourth-order valence-corrected chi connectivity index (χ4v) is 4.97. The molecule has 2 unspecified atom stereocenters. The van der Waals surface area contributed by atoms with Crippen LogP contribution in [0.5, 0.6) is 0 Å². The summed E-state index contributed by atoms with van der Waals surface area (Å²) in [4.78, 5) is 19.0. The minimum absolute atomic E-state index is 0.0706. The Morgan fingerprint density at radius 1 is 1.00 bits per heavy atom. The summed E-state index contributed by atoms with van der Waals surface area (Å²) < 4.78 is 11.6. The summed E-state index contributed by atoms with van der Waals surface area (Å²) in [5.74, 6) is 0.443. The summed E-state index contributed by atoms with van der Waals surface area (Å²) in [6.07, 6.45) is 9.81. The molecule has 0 rings (SSSR count). The van der Waals surface area contributed by atoms with Gasteiger partial charge in [-0.05, 0) is 30.6 Å². The molecule has 0 heterocycles. The molecule has 2 atom stereocenters. The van der Waals surface area contributed by atoms with E-state index in [1.807, 2.05) is 0 Å². The predicted octanol–water partition coefficient (Wildman–Crippen LogP) is 5.36. The maximum absolute atomic E-state index is 11.6. The highest BCUT2D eigenvalue weighted by Crippen LogP contribution is 2.51. The van der Waals surface area contributed by atoms with Gasteiger partial charge in [0, 0.05) is 0 Å². The second kappa shape index (κ2) is 9.97. The van der Waals surface area contributed by atoms with Gasteiger partial charge in [-0.2, -0.15) is 0 Å². The van der Waals surface area contributed by atoms with Crippen LogP contribution < -0.4 is 0 Å². The zero-order valence-corrected chi connectivity index (χ0v) is 14.8. The van der Waals surface area contributed by atoms with Gasteiger partial charge in [0.2, 0.25) is 0 Å². The number of hydrogen-bond acceptors (Lipinski definition) is 1. The summed E-state index contributed by atoms with van der Waals surface area (Å²) >= 11 is 0. The Morgan fingerprint density at radius 2 is 1.60 bits per heavy atom. The Morgan fingerprint density at radius 3 is 2.00 bits per heavy atom. The highest BCUT2D eigenvalue weighted by Gasteiger charge is 2.40. The first-order valence-corrected chi connectivity index (χ1v) is 10.2. The first-order chi connectivity index (χ1) is 9.35. The van der Waals surface area contributed by atoms with E-state index in [4.69, 9.17) is 0 Å². The van der Waals surface area contributed by atoms with Crippen molar-refractivity contribution in [2.75, 3.05) is 6.16 Å². The molecule has 122 valence electrons. The molecule has 0 aliphatic rings. The quantitative estimate of drug-likeness (QED) is 0.377. The van der Waals surface area contributed by atoms with Crippen LogP contribution in [0.25, 0.3) is 0 Å². The molecule has 0 aromatic heterocycles. The van der Waals surface area contributed by atoms with Crippen LogP contribution in [0.3, 0.4) is 0 Å². The lowest BCUT2D eigenvalue weighted by Gasteiger charge is -2.41. The van der Waals surface area contributed by atoms with Gasteiger partial charge in [0.1, 0.15) is 0 Å². The van der Waals surface area contributed by atoms with Crippen molar-refractivity contribution in [2.24, 2.45) is 11.3 Å². The molecule has 0 aliphatic heterocycles. The van der Waals surface area contributed by atoms with E-state index in [0.29, 0.717) is 5.92 Å². The smallest absolute Gasteiger partial charge is 0.324 e. The largest absolute Gasteiger partial charge is 0.326 e. The predicted molar refractivity (Wildman–Crippen MR) is 87.1 cm³/mol. The van der Waals surface area contributed by atoms with Gasteiger partial charge in [-0.1, -0.05) is 66.2 Å². The van der Waals surface area contributed by atoms with E-state index in [1.165, 1.54) is 19.3 Å². The van der Waals surface area contributed by atoms with Gasteiger partial charge in [-0.15, -0.1) is 0 Å². The summed E-state index contributed by atoms with van der Waals surface area (Å²) in [5, 5.41) is 0. The fourth-order valence-electron chi connectivity index (χ4n) is 3.51. The van der Waals surface area contributed by atoms with Gasteiger partial charge in [0.15, 0.2) is 0 Å². The number of hydrogen-bond donors (Lipinski definition) is 2. The van der Waals surface area contributed by atoms with E-state index in [2.05, 4.69) is 27.7 Å². The normalized spacial score (nSPS) is 16.9. The Balaban J connectivity index is 5.04. The minimum atomic E-state index is -3.95. The van der Waals surface area contributed by atoms with E-state index in [1.54, 1.807) is 0 Å². The van der Waals surface area contributed by atoms with Crippen molar-refractivity contribution >= 4 is 7.60 Å². The summed E-state index contributed by atoms with van der Waals surface area (Å²) in [6, 6.07) is 0. The van der Waals surface area contributed by atoms with Gasteiger partial charge in [0.05, 0.1) is 6.16 Å². The summed E-state index contributed by atoms with van der Waals surface area (Å²) in [5.41, 5.74) is -0.169. The van der Waals surface area contributed by atoms with E-state index in [0.717, 1.165) is 38.5 Å². The first kappa shape index (κ1) is 20.1. The van der Waals surface area contributed by atoms with Crippen molar-refractivity contribution in [3.8, 4) is 0 Å². The third-order valence-electron chi connectivity index (χ3n) is 4.77. The van der Waals surface area contributed by atoms with Crippen LogP contribution >= 0.6 is 7.60 Å². The maximum Gasteiger partial charge on any atom is 0.326 e. The molecule has 0 bridgehead atoms. The van der Waals surface area contributed by atoms with Crippen molar-refractivity contribution in [1.82, 2.24) is 0 Å². The topological polar surface area (TPSA) is 57.5 Å². The lowest BCUT2D eigenvalue weighted by molar-refractivity contribution is 0.133. The molecule has 0 spiro atoms. The highest BCUT2D eigenvalue weighted by atomic mass is 31.2. The standard InChI is InChI=1S/C16H35O3P/c1-5-9-11-12-15(7-3)16(8-4,13-10-6-2)14-20(17,18)19/h15H,5-14H2,1-4H3,(H2,17,18,19). The second-order valence-corrected chi connectivity index (χ2v) is 7.89. The van der Waals surface area contributed by atoms with Gasteiger partial charge in [-0.3, -0.25) is 4.57 Å². The molecular weight excluding hydrogens is 271 g/mol. The third-order valence-corrected chi connectivity index (χ3v) is 5.81. The molecule has 2 N–H and O–H groups in total. The second-order valence-electron chi connectivity index (χ2n) is 6.24. The first-order valence-electron chi connectivity index (χ1n) is 8.39. The average Bonchev–Trinajstić information content (AvgIpc) is 2.38. The summed E-state index contributed by atoms with van der Waals surface area (Å²) in [7, 11) is -3.95. The molecule has 20 heavy (non-hydrogen) atoms. The number of rotatable bonds is 12. The van der Waals surface area contributed by atoms with Crippen LogP contribution in [0.2, 0.25) is 0 Å². The third kappa shape index (κ3) is 7.24. The average molecular weight is 306 g/mol. The molecule has 0 saturated heterocycles. The zero-order valence-electron chi connectivity index (χ0n) is 13.9. The molecular formula is C16H35O3P. The van der Waals surface area contributed by atoms with Crippen molar-refractivity contribution in [3.05, 3.63) is 0 Å². The van der Waals surface area contributed by atoms with Gasteiger partial charge in [0.25, 0.3) is 0 Å². The van der Waals surface area contributed by atoms with Crippen LogP contribution in [0, 0.1) is 11.3 Å². The fraction of sp³-hybridized carbons (Fsp3) is 1.00. The molecule has 0 saturated carbocycles. The number of unbranched alkanes of at least 4 members (excludes halogenated alkanes) is 3. The van der Waals surface area contributed by atoms with Crippen molar-refractivity contribution in [3.63, 3.8) is 0 Å². The van der Waals surface area contributed by atoms with Gasteiger partial charge < -0.3 is 9.79 Å². The lowest BCUT2D eigenvalue weighted by atomic mass is 9.68. The Labute approximate surface area is 125 Å². The van der Waals surface area contributed by atoms with Crippen molar-refractivity contribution in [1.29, 1.82) is 0 Å². The van der Waals surface area contributed by atoms with E-state index in [-0.39, 0.29) is 11.6 Å². The molecule has 0 aromatic carbocycles. The molecule has 3 nitrogen and oxygen atoms in total. The van der Waals surface area contributed by atoms with Crippen LogP contribution in [-0.4, -0.2) is 15.9 Å². The van der Waals surface area contributed by atoms with Crippen LogP contribution in [-0.2, 0) is 4.57 Å². The van der Waals surface area contributed by atoms with E-state index in [9.17, 15) is 14.4 Å². The van der Waals surface area contributed by atoms with Crippen LogP contribution in [0.15, 0.2) is 0 Å². The molecule has 0 amide bonds. The van der Waals surface area contributed by atoms with Gasteiger partial charge in [-0.25, -0.2) is 0 Å². The molecule has 0 aromatic rings. The molecule has 0 aliphatic carbocycles. The molecule has 0 radical (unpaired) electrons. The van der Waals surface area contributed by atoms with Crippen LogP contribution in [0.1, 0.15) is 85.5 Å². The Bertz CT molecular complexity index is 287. The highest BCUT2D eigenvalue weighted by molar-refractivity contribution is 7.51. The summed E-state index contributed by atoms with van der Waals surface area (Å²) in [6.45, 7) is 8.62. The SMILES string of the molecule is CCCCCC(CC)C(CC)(CCCC)CP(=O)(O)O. The molecule has 4 heteroatoms. The molecule has 0 fully saturated rings. The van der Waals surface area contributed by atoms with Crippen LogP contribution in [0.4, 0.5) is 0 Å².